The number of H-pyrrole nitrogens is 1. The molecule has 0 aliphatic heterocycles. The van der Waals surface area contributed by atoms with E-state index in [1.54, 1.807) is 31.2 Å². The molecule has 1 amide bonds. The van der Waals surface area contributed by atoms with Gasteiger partial charge in [-0.05, 0) is 67.4 Å². The lowest BCUT2D eigenvalue weighted by Gasteiger charge is -2.07. The number of halogens is 2. The van der Waals surface area contributed by atoms with Crippen molar-refractivity contribution >= 4 is 17.2 Å². The van der Waals surface area contributed by atoms with Crippen LogP contribution < -0.4 is 15.6 Å². The summed E-state index contributed by atoms with van der Waals surface area (Å²) in [6.45, 7) is 0.893. The maximum Gasteiger partial charge on any atom is 0.387 e. The van der Waals surface area contributed by atoms with Gasteiger partial charge in [-0.25, -0.2) is 0 Å². The Labute approximate surface area is 164 Å². The minimum Gasteiger partial charge on any atom is -0.435 e. The predicted octanol–water partition coefficient (Wildman–Crippen LogP) is 4.25. The fourth-order valence-corrected chi connectivity index (χ4v) is 3.70. The summed E-state index contributed by atoms with van der Waals surface area (Å²) in [5.41, 5.74) is 2.68. The molecule has 0 unspecified atom stereocenters. The molecule has 0 atom stereocenters. The second-order valence-corrected chi connectivity index (χ2v) is 7.28. The van der Waals surface area contributed by atoms with Crippen molar-refractivity contribution in [1.82, 2.24) is 10.3 Å². The molecule has 0 saturated carbocycles. The number of aromatic amines is 1. The summed E-state index contributed by atoms with van der Waals surface area (Å²) in [7, 11) is 0. The van der Waals surface area contributed by atoms with Gasteiger partial charge in [-0.3, -0.25) is 9.59 Å². The summed E-state index contributed by atoms with van der Waals surface area (Å²) in [6, 6.07) is 11.5. The van der Waals surface area contributed by atoms with E-state index in [1.807, 2.05) is 13.0 Å². The lowest BCUT2D eigenvalue weighted by Crippen LogP contribution is -2.27. The third kappa shape index (κ3) is 4.64. The van der Waals surface area contributed by atoms with Gasteiger partial charge in [0, 0.05) is 22.7 Å². The molecule has 2 heterocycles. The van der Waals surface area contributed by atoms with Gasteiger partial charge in [0.05, 0.1) is 4.88 Å². The zero-order chi connectivity index (χ0) is 20.3. The van der Waals surface area contributed by atoms with Gasteiger partial charge in [-0.1, -0.05) is 0 Å². The van der Waals surface area contributed by atoms with E-state index in [1.165, 1.54) is 23.5 Å². The van der Waals surface area contributed by atoms with Gasteiger partial charge < -0.3 is 15.0 Å². The zero-order valence-corrected chi connectivity index (χ0v) is 16.0. The van der Waals surface area contributed by atoms with Gasteiger partial charge >= 0.3 is 6.61 Å². The molecule has 8 heteroatoms. The van der Waals surface area contributed by atoms with Crippen molar-refractivity contribution in [1.29, 1.82) is 0 Å². The van der Waals surface area contributed by atoms with Crippen LogP contribution >= 0.6 is 11.3 Å². The van der Waals surface area contributed by atoms with Crippen LogP contribution in [0.3, 0.4) is 0 Å². The molecule has 0 fully saturated rings. The largest absolute Gasteiger partial charge is 0.435 e. The Morgan fingerprint density at radius 3 is 2.54 bits per heavy atom. The first-order chi connectivity index (χ1) is 13.3. The van der Waals surface area contributed by atoms with Crippen molar-refractivity contribution in [3.8, 4) is 16.2 Å². The van der Waals surface area contributed by atoms with Crippen LogP contribution in [0.15, 0.2) is 47.3 Å². The number of hydrogen-bond donors (Lipinski definition) is 2. The van der Waals surface area contributed by atoms with E-state index in [4.69, 9.17) is 0 Å². The molecule has 5 nitrogen and oxygen atoms in total. The van der Waals surface area contributed by atoms with Gasteiger partial charge in [-0.15, -0.1) is 11.3 Å². The quantitative estimate of drug-likeness (QED) is 0.645. The Bertz CT molecular complexity index is 1040. The summed E-state index contributed by atoms with van der Waals surface area (Å²) < 4.78 is 28.8. The molecule has 0 radical (unpaired) electrons. The van der Waals surface area contributed by atoms with Crippen LogP contribution in [0, 0.1) is 13.8 Å². The molecule has 0 spiro atoms. The molecule has 1 aromatic carbocycles. The average Bonchev–Trinajstić information content (AvgIpc) is 3.11. The van der Waals surface area contributed by atoms with E-state index in [-0.39, 0.29) is 23.8 Å². The summed E-state index contributed by atoms with van der Waals surface area (Å²) in [5.74, 6) is -0.208. The molecule has 2 aromatic heterocycles. The maximum atomic E-state index is 12.4. The van der Waals surface area contributed by atoms with Crippen molar-refractivity contribution in [2.24, 2.45) is 0 Å². The number of hydrogen-bond acceptors (Lipinski definition) is 4. The van der Waals surface area contributed by atoms with Crippen LogP contribution in [0.5, 0.6) is 5.75 Å². The molecule has 0 aliphatic carbocycles. The van der Waals surface area contributed by atoms with E-state index in [2.05, 4.69) is 15.0 Å². The van der Waals surface area contributed by atoms with E-state index < -0.39 is 6.61 Å². The van der Waals surface area contributed by atoms with Crippen LogP contribution in [0.1, 0.15) is 26.5 Å². The molecule has 0 aliphatic rings. The Kier molecular flexibility index (Phi) is 5.89. The topological polar surface area (TPSA) is 71.2 Å². The molecule has 146 valence electrons. The highest BCUT2D eigenvalue weighted by Crippen LogP contribution is 2.29. The fourth-order valence-electron chi connectivity index (χ4n) is 2.77. The number of aromatic nitrogens is 1. The fraction of sp³-hybridized carbons (Fsp3) is 0.200. The average molecular weight is 404 g/mol. The zero-order valence-electron chi connectivity index (χ0n) is 15.2. The van der Waals surface area contributed by atoms with Crippen molar-refractivity contribution in [2.45, 2.75) is 27.0 Å². The number of nitrogens with one attached hydrogen (secondary N) is 2. The smallest absolute Gasteiger partial charge is 0.387 e. The lowest BCUT2D eigenvalue weighted by atomic mass is 10.1. The second kappa shape index (κ2) is 8.35. The number of benzene rings is 1. The van der Waals surface area contributed by atoms with E-state index in [0.717, 1.165) is 21.7 Å². The van der Waals surface area contributed by atoms with Gasteiger partial charge in [-0.2, -0.15) is 8.78 Å². The first-order valence-electron chi connectivity index (χ1n) is 8.46. The van der Waals surface area contributed by atoms with Gasteiger partial charge in [0.2, 0.25) is 0 Å². The Morgan fingerprint density at radius 1 is 1.18 bits per heavy atom. The van der Waals surface area contributed by atoms with E-state index >= 15 is 0 Å². The van der Waals surface area contributed by atoms with Crippen molar-refractivity contribution in [3.63, 3.8) is 0 Å². The minimum atomic E-state index is -2.87. The van der Waals surface area contributed by atoms with Gasteiger partial charge in [0.1, 0.15) is 5.75 Å². The maximum absolute atomic E-state index is 12.4. The molecule has 3 aromatic rings. The molecule has 2 N–H and O–H groups in total. The number of pyridine rings is 1. The summed E-state index contributed by atoms with van der Waals surface area (Å²) in [6.07, 6.45) is 0. The number of alkyl halides is 2. The predicted molar refractivity (Wildman–Crippen MR) is 104 cm³/mol. The summed E-state index contributed by atoms with van der Waals surface area (Å²) >= 11 is 1.27. The number of carbonyl (C=O) groups excluding carboxylic acids is 1. The molecule has 0 saturated heterocycles. The lowest BCUT2D eigenvalue weighted by molar-refractivity contribution is -0.0498. The third-order valence-electron chi connectivity index (χ3n) is 4.11. The van der Waals surface area contributed by atoms with Crippen LogP contribution in [0.25, 0.3) is 10.4 Å². The highest BCUT2D eigenvalue weighted by atomic mass is 32.1. The van der Waals surface area contributed by atoms with Crippen LogP contribution in [-0.2, 0) is 6.54 Å². The molecule has 0 bridgehead atoms. The monoisotopic (exact) mass is 404 g/mol. The van der Waals surface area contributed by atoms with Crippen molar-refractivity contribution < 1.29 is 18.3 Å². The Morgan fingerprint density at radius 2 is 1.89 bits per heavy atom. The number of carbonyl (C=O) groups is 1. The first-order valence-corrected chi connectivity index (χ1v) is 9.28. The van der Waals surface area contributed by atoms with Crippen LogP contribution in [0.4, 0.5) is 8.78 Å². The van der Waals surface area contributed by atoms with Crippen molar-refractivity contribution in [2.75, 3.05) is 0 Å². The highest BCUT2D eigenvalue weighted by molar-refractivity contribution is 7.17. The number of thiophene rings is 1. The number of ether oxygens (including phenoxy) is 1. The molecular weight excluding hydrogens is 386 g/mol. The summed E-state index contributed by atoms with van der Waals surface area (Å²) in [4.78, 5) is 28.5. The van der Waals surface area contributed by atoms with E-state index in [0.29, 0.717) is 10.4 Å². The van der Waals surface area contributed by atoms with Crippen LogP contribution in [-0.4, -0.2) is 17.5 Å². The van der Waals surface area contributed by atoms with Gasteiger partial charge in [0.25, 0.3) is 11.5 Å². The van der Waals surface area contributed by atoms with Crippen molar-refractivity contribution in [3.05, 3.63) is 74.5 Å². The van der Waals surface area contributed by atoms with E-state index in [9.17, 15) is 18.4 Å². The summed E-state index contributed by atoms with van der Waals surface area (Å²) in [5, 5.41) is 2.76. The normalized spacial score (nSPS) is 10.9. The SMILES string of the molecule is Cc1cc(C)c(CNC(=O)c2ccc(-c3ccc(OC(F)F)cc3)s2)c(=O)[nH]1. The molecular formula is C20H18F2N2O3S. The number of aryl methyl sites for hydroxylation is 2. The minimum absolute atomic E-state index is 0.0759. The molecule has 3 rings (SSSR count). The Balaban J connectivity index is 1.68. The second-order valence-electron chi connectivity index (χ2n) is 6.19. The Hall–Kier alpha value is -3.00. The highest BCUT2D eigenvalue weighted by Gasteiger charge is 2.13. The standard InChI is InChI=1S/C20H18F2N2O3S/c1-11-9-12(2)24-18(25)15(11)10-23-19(26)17-8-7-16(28-17)13-3-5-14(6-4-13)27-20(21)22/h3-9,20H,10H2,1-2H3,(H,23,26)(H,24,25). The molecule has 28 heavy (non-hydrogen) atoms. The first kappa shape index (κ1) is 19.8. The number of rotatable bonds is 6. The third-order valence-corrected chi connectivity index (χ3v) is 5.25. The number of amides is 1. The van der Waals surface area contributed by atoms with Crippen LogP contribution in [0.2, 0.25) is 0 Å². The van der Waals surface area contributed by atoms with Gasteiger partial charge in [0.15, 0.2) is 0 Å².